The van der Waals surface area contributed by atoms with Crippen molar-refractivity contribution >= 4 is 0 Å². The van der Waals surface area contributed by atoms with Crippen molar-refractivity contribution < 1.29 is 4.74 Å². The zero-order chi connectivity index (χ0) is 9.26. The van der Waals surface area contributed by atoms with E-state index < -0.39 is 0 Å². The van der Waals surface area contributed by atoms with Gasteiger partial charge in [0, 0.05) is 12.1 Å². The molecule has 2 fully saturated rings. The number of rotatable bonds is 4. The predicted molar refractivity (Wildman–Crippen MR) is 53.8 cm³/mol. The van der Waals surface area contributed by atoms with Gasteiger partial charge in [-0.3, -0.25) is 0 Å². The lowest BCUT2D eigenvalue weighted by Gasteiger charge is -2.24. The third kappa shape index (κ3) is 2.05. The van der Waals surface area contributed by atoms with E-state index in [9.17, 15) is 0 Å². The Labute approximate surface area is 81.0 Å². The summed E-state index contributed by atoms with van der Waals surface area (Å²) in [5, 5.41) is 3.69. The maximum absolute atomic E-state index is 5.80. The highest BCUT2D eigenvalue weighted by Crippen LogP contribution is 2.34. The molecular weight excluding hydrogens is 162 g/mol. The monoisotopic (exact) mass is 183 g/mol. The molecule has 0 spiro atoms. The largest absolute Gasteiger partial charge is 0.373 e. The number of ether oxygens (including phenoxy) is 1. The van der Waals surface area contributed by atoms with Crippen LogP contribution in [0.5, 0.6) is 0 Å². The van der Waals surface area contributed by atoms with Crippen molar-refractivity contribution in [3.05, 3.63) is 0 Å². The second kappa shape index (κ2) is 3.97. The van der Waals surface area contributed by atoms with Gasteiger partial charge in [-0.25, -0.2) is 0 Å². The Morgan fingerprint density at radius 1 is 1.46 bits per heavy atom. The van der Waals surface area contributed by atoms with Gasteiger partial charge in [-0.1, -0.05) is 13.3 Å². The van der Waals surface area contributed by atoms with E-state index in [0.29, 0.717) is 24.3 Å². The second-order valence-electron chi connectivity index (χ2n) is 4.57. The highest BCUT2D eigenvalue weighted by atomic mass is 16.5. The molecule has 0 saturated carbocycles. The second-order valence-corrected chi connectivity index (χ2v) is 4.57. The van der Waals surface area contributed by atoms with E-state index in [0.717, 1.165) is 0 Å². The minimum absolute atomic E-state index is 0.532. The van der Waals surface area contributed by atoms with E-state index in [-0.39, 0.29) is 0 Å². The number of hydrogen-bond acceptors (Lipinski definition) is 2. The molecule has 0 aromatic rings. The summed E-state index contributed by atoms with van der Waals surface area (Å²) in [5.41, 5.74) is 0. The maximum atomic E-state index is 5.80. The van der Waals surface area contributed by atoms with Gasteiger partial charge in [-0.2, -0.15) is 0 Å². The van der Waals surface area contributed by atoms with Gasteiger partial charge in [0.05, 0.1) is 12.2 Å². The molecule has 13 heavy (non-hydrogen) atoms. The van der Waals surface area contributed by atoms with Crippen LogP contribution in [-0.4, -0.2) is 24.3 Å². The molecule has 0 amide bonds. The molecule has 2 aliphatic heterocycles. The quantitative estimate of drug-likeness (QED) is 0.720. The zero-order valence-corrected chi connectivity index (χ0v) is 8.75. The van der Waals surface area contributed by atoms with Gasteiger partial charge in [-0.15, -0.1) is 0 Å². The molecule has 0 aliphatic carbocycles. The predicted octanol–water partition coefficient (Wildman–Crippen LogP) is 2.08. The topological polar surface area (TPSA) is 21.3 Å². The van der Waals surface area contributed by atoms with E-state index in [1.54, 1.807) is 0 Å². The smallest absolute Gasteiger partial charge is 0.0733 e. The lowest BCUT2D eigenvalue weighted by atomic mass is 9.94. The Bertz CT molecular complexity index is 171. The van der Waals surface area contributed by atoms with Crippen molar-refractivity contribution in [2.24, 2.45) is 0 Å². The zero-order valence-electron chi connectivity index (χ0n) is 8.75. The molecule has 2 heteroatoms. The summed E-state index contributed by atoms with van der Waals surface area (Å²) in [6.07, 6.45) is 7.50. The number of nitrogens with one attached hydrogen (secondary N) is 1. The molecule has 2 nitrogen and oxygen atoms in total. The van der Waals surface area contributed by atoms with Gasteiger partial charge >= 0.3 is 0 Å². The first kappa shape index (κ1) is 9.47. The fourth-order valence-corrected chi connectivity index (χ4v) is 2.70. The minimum Gasteiger partial charge on any atom is -0.373 e. The van der Waals surface area contributed by atoms with Crippen molar-refractivity contribution in [1.82, 2.24) is 5.32 Å². The standard InChI is InChI=1S/C11H21NO/c1-3-4-8(2)12-10-7-9-5-6-11(10)13-9/h8-12H,3-7H2,1-2H3. The molecule has 1 N–H and O–H groups in total. The van der Waals surface area contributed by atoms with Crippen molar-refractivity contribution in [2.45, 2.75) is 70.2 Å². The lowest BCUT2D eigenvalue weighted by molar-refractivity contribution is 0.0961. The number of hydrogen-bond donors (Lipinski definition) is 1. The first-order valence-corrected chi connectivity index (χ1v) is 5.71. The highest BCUT2D eigenvalue weighted by Gasteiger charge is 2.40. The third-order valence-corrected chi connectivity index (χ3v) is 3.33. The van der Waals surface area contributed by atoms with E-state index in [1.807, 2.05) is 0 Å². The summed E-state index contributed by atoms with van der Waals surface area (Å²) < 4.78 is 5.80. The molecule has 76 valence electrons. The summed E-state index contributed by atoms with van der Waals surface area (Å²) in [6, 6.07) is 1.32. The molecular formula is C11H21NO. The van der Waals surface area contributed by atoms with Gasteiger partial charge in [0.2, 0.25) is 0 Å². The van der Waals surface area contributed by atoms with Crippen molar-refractivity contribution in [3.8, 4) is 0 Å². The Morgan fingerprint density at radius 3 is 2.85 bits per heavy atom. The molecule has 0 radical (unpaired) electrons. The van der Waals surface area contributed by atoms with Crippen LogP contribution in [0.25, 0.3) is 0 Å². The van der Waals surface area contributed by atoms with Crippen LogP contribution in [0.2, 0.25) is 0 Å². The summed E-state index contributed by atoms with van der Waals surface area (Å²) in [7, 11) is 0. The van der Waals surface area contributed by atoms with Crippen molar-refractivity contribution in [2.75, 3.05) is 0 Å². The Hall–Kier alpha value is -0.0800. The normalized spacial score (nSPS) is 39.7. The summed E-state index contributed by atoms with van der Waals surface area (Å²) in [6.45, 7) is 4.53. The van der Waals surface area contributed by atoms with Crippen molar-refractivity contribution in [3.63, 3.8) is 0 Å². The Morgan fingerprint density at radius 2 is 2.31 bits per heavy atom. The number of fused-ring (bicyclic) bond motifs is 2. The van der Waals surface area contributed by atoms with Crippen molar-refractivity contribution in [1.29, 1.82) is 0 Å². The molecule has 0 aromatic heterocycles. The average Bonchev–Trinajstić information content (AvgIpc) is 2.65. The molecule has 4 atom stereocenters. The van der Waals surface area contributed by atoms with Gasteiger partial charge in [-0.05, 0) is 32.6 Å². The first-order valence-electron chi connectivity index (χ1n) is 5.71. The van der Waals surface area contributed by atoms with E-state index in [4.69, 9.17) is 4.74 Å². The molecule has 2 aliphatic rings. The van der Waals surface area contributed by atoms with E-state index in [2.05, 4.69) is 19.2 Å². The van der Waals surface area contributed by atoms with Crippen LogP contribution < -0.4 is 5.32 Å². The fraction of sp³-hybridized carbons (Fsp3) is 1.00. The molecule has 2 saturated heterocycles. The molecule has 4 unspecified atom stereocenters. The van der Waals surface area contributed by atoms with Gasteiger partial charge in [0.25, 0.3) is 0 Å². The SMILES string of the molecule is CCCC(C)NC1CC2CCC1O2. The fourth-order valence-electron chi connectivity index (χ4n) is 2.70. The van der Waals surface area contributed by atoms with Gasteiger partial charge in [0.15, 0.2) is 0 Å². The van der Waals surface area contributed by atoms with Crippen LogP contribution in [0.15, 0.2) is 0 Å². The van der Waals surface area contributed by atoms with E-state index >= 15 is 0 Å². The van der Waals surface area contributed by atoms with Crippen LogP contribution in [0.4, 0.5) is 0 Å². The van der Waals surface area contributed by atoms with Crippen LogP contribution in [0.1, 0.15) is 46.0 Å². The maximum Gasteiger partial charge on any atom is 0.0733 e. The summed E-state index contributed by atoms with van der Waals surface area (Å²) in [5.74, 6) is 0. The van der Waals surface area contributed by atoms with E-state index in [1.165, 1.54) is 32.1 Å². The summed E-state index contributed by atoms with van der Waals surface area (Å²) >= 11 is 0. The minimum atomic E-state index is 0.532. The average molecular weight is 183 g/mol. The molecule has 2 bridgehead atoms. The van der Waals surface area contributed by atoms with Gasteiger partial charge < -0.3 is 10.1 Å². The molecule has 0 aromatic carbocycles. The molecule has 2 rings (SSSR count). The highest BCUT2D eigenvalue weighted by molar-refractivity contribution is 4.94. The van der Waals surface area contributed by atoms with Gasteiger partial charge in [0.1, 0.15) is 0 Å². The first-order chi connectivity index (χ1) is 6.29. The Kier molecular flexibility index (Phi) is 2.89. The summed E-state index contributed by atoms with van der Waals surface area (Å²) in [4.78, 5) is 0. The van der Waals surface area contributed by atoms with Crippen LogP contribution in [-0.2, 0) is 4.74 Å². The third-order valence-electron chi connectivity index (χ3n) is 3.33. The van der Waals surface area contributed by atoms with Crippen LogP contribution >= 0.6 is 0 Å². The lowest BCUT2D eigenvalue weighted by Crippen LogP contribution is -2.42. The Balaban J connectivity index is 1.76. The van der Waals surface area contributed by atoms with Crippen LogP contribution in [0.3, 0.4) is 0 Å². The van der Waals surface area contributed by atoms with Crippen LogP contribution in [0, 0.1) is 0 Å². The molecule has 2 heterocycles.